The number of amides is 3. The van der Waals surface area contributed by atoms with Gasteiger partial charge in [-0.3, -0.25) is 25.2 Å². The number of nitrogens with zero attached hydrogens (tertiary/aromatic N) is 1. The van der Waals surface area contributed by atoms with Gasteiger partial charge in [0.15, 0.2) is 13.2 Å². The molecule has 8 nitrogen and oxygen atoms in total. The van der Waals surface area contributed by atoms with E-state index in [1.165, 1.54) is 4.90 Å². The molecule has 0 fully saturated rings. The molecule has 0 spiro atoms. The zero-order valence-electron chi connectivity index (χ0n) is 16.4. The van der Waals surface area contributed by atoms with E-state index >= 15 is 0 Å². The van der Waals surface area contributed by atoms with Crippen LogP contribution in [0.1, 0.15) is 17.5 Å². The third-order valence-corrected chi connectivity index (χ3v) is 4.56. The van der Waals surface area contributed by atoms with Crippen LogP contribution < -0.4 is 25.2 Å². The quantitative estimate of drug-likeness (QED) is 0.723. The Balaban J connectivity index is 1.42. The van der Waals surface area contributed by atoms with Crippen molar-refractivity contribution in [3.8, 4) is 11.5 Å². The molecule has 1 heterocycles. The van der Waals surface area contributed by atoms with Crippen molar-refractivity contribution >= 4 is 23.4 Å². The Kier molecular flexibility index (Phi) is 6.33. The molecule has 1 aliphatic rings. The number of anilines is 1. The van der Waals surface area contributed by atoms with E-state index in [1.807, 2.05) is 32.0 Å². The zero-order chi connectivity index (χ0) is 20.8. The number of hydrogen-bond donors (Lipinski definition) is 2. The number of ether oxygens (including phenoxy) is 2. The summed E-state index contributed by atoms with van der Waals surface area (Å²) in [5.74, 6) is 0.0661. The maximum absolute atomic E-state index is 12.1. The number of rotatable bonds is 6. The summed E-state index contributed by atoms with van der Waals surface area (Å²) in [6.07, 6.45) is 0.0262. The number of carbonyl (C=O) groups excluding carboxylic acids is 3. The lowest BCUT2D eigenvalue weighted by atomic mass is 10.1. The molecule has 0 atom stereocenters. The van der Waals surface area contributed by atoms with Gasteiger partial charge in [-0.2, -0.15) is 0 Å². The SMILES string of the molecule is Cc1ccc(OCC(=O)NNC(=O)CCN2C(=O)COc3ccccc32)cc1C. The molecule has 0 saturated heterocycles. The van der Waals surface area contributed by atoms with Gasteiger partial charge in [0.05, 0.1) is 5.69 Å². The molecular weight excluding hydrogens is 374 g/mol. The highest BCUT2D eigenvalue weighted by Gasteiger charge is 2.25. The third kappa shape index (κ3) is 5.25. The Hall–Kier alpha value is -3.55. The lowest BCUT2D eigenvalue weighted by molar-refractivity contribution is -0.130. The maximum Gasteiger partial charge on any atom is 0.276 e. The van der Waals surface area contributed by atoms with Crippen LogP contribution in [-0.2, 0) is 14.4 Å². The summed E-state index contributed by atoms with van der Waals surface area (Å²) >= 11 is 0. The van der Waals surface area contributed by atoms with Gasteiger partial charge in [-0.25, -0.2) is 0 Å². The molecule has 8 heteroatoms. The van der Waals surface area contributed by atoms with E-state index in [1.54, 1.807) is 24.3 Å². The summed E-state index contributed by atoms with van der Waals surface area (Å²) in [7, 11) is 0. The van der Waals surface area contributed by atoms with Crippen molar-refractivity contribution in [2.45, 2.75) is 20.3 Å². The van der Waals surface area contributed by atoms with Gasteiger partial charge in [0.25, 0.3) is 11.8 Å². The van der Waals surface area contributed by atoms with Crippen LogP contribution in [0.3, 0.4) is 0 Å². The summed E-state index contributed by atoms with van der Waals surface area (Å²) in [5.41, 5.74) is 7.46. The van der Waals surface area contributed by atoms with Crippen LogP contribution in [0.4, 0.5) is 5.69 Å². The van der Waals surface area contributed by atoms with Crippen LogP contribution in [0, 0.1) is 13.8 Å². The molecule has 0 aromatic heterocycles. The first-order chi connectivity index (χ1) is 13.9. The molecule has 29 heavy (non-hydrogen) atoms. The molecule has 3 amide bonds. The Morgan fingerprint density at radius 1 is 1.07 bits per heavy atom. The molecule has 0 unspecified atom stereocenters. The van der Waals surface area contributed by atoms with Gasteiger partial charge in [-0.1, -0.05) is 18.2 Å². The van der Waals surface area contributed by atoms with Crippen LogP contribution in [-0.4, -0.2) is 37.5 Å². The minimum atomic E-state index is -0.482. The molecule has 0 aliphatic carbocycles. The van der Waals surface area contributed by atoms with Crippen molar-refractivity contribution in [1.82, 2.24) is 10.9 Å². The first kappa shape index (κ1) is 20.2. The fourth-order valence-electron chi connectivity index (χ4n) is 2.80. The lowest BCUT2D eigenvalue weighted by Crippen LogP contribution is -2.46. The lowest BCUT2D eigenvalue weighted by Gasteiger charge is -2.29. The predicted octanol–water partition coefficient (Wildman–Crippen LogP) is 1.65. The van der Waals surface area contributed by atoms with Gasteiger partial charge in [-0.05, 0) is 49.2 Å². The van der Waals surface area contributed by atoms with E-state index in [0.717, 1.165) is 11.1 Å². The smallest absolute Gasteiger partial charge is 0.276 e. The van der Waals surface area contributed by atoms with Gasteiger partial charge in [-0.15, -0.1) is 0 Å². The monoisotopic (exact) mass is 397 g/mol. The third-order valence-electron chi connectivity index (χ3n) is 4.56. The molecule has 152 valence electrons. The highest BCUT2D eigenvalue weighted by atomic mass is 16.5. The summed E-state index contributed by atoms with van der Waals surface area (Å²) in [6.45, 7) is 3.84. The van der Waals surface area contributed by atoms with Crippen LogP contribution in [0.15, 0.2) is 42.5 Å². The highest BCUT2D eigenvalue weighted by molar-refractivity contribution is 5.98. The summed E-state index contributed by atoms with van der Waals surface area (Å²) in [6, 6.07) is 12.7. The number of hydrazine groups is 1. The fourth-order valence-corrected chi connectivity index (χ4v) is 2.80. The molecule has 2 N–H and O–H groups in total. The average molecular weight is 397 g/mol. The van der Waals surface area contributed by atoms with E-state index < -0.39 is 11.8 Å². The Bertz CT molecular complexity index is 928. The molecule has 0 bridgehead atoms. The Morgan fingerprint density at radius 3 is 2.62 bits per heavy atom. The number of aryl methyl sites for hydroxylation is 2. The second-order valence-corrected chi connectivity index (χ2v) is 6.68. The minimum absolute atomic E-state index is 0.0262. The first-order valence-electron chi connectivity index (χ1n) is 9.24. The van der Waals surface area contributed by atoms with Crippen molar-refractivity contribution in [1.29, 1.82) is 0 Å². The van der Waals surface area contributed by atoms with Crippen molar-refractivity contribution in [3.63, 3.8) is 0 Å². The number of hydrogen-bond acceptors (Lipinski definition) is 5. The normalized spacial score (nSPS) is 12.6. The predicted molar refractivity (Wildman–Crippen MR) is 107 cm³/mol. The Labute approximate surface area is 168 Å². The van der Waals surface area contributed by atoms with Crippen LogP contribution in [0.2, 0.25) is 0 Å². The summed E-state index contributed by atoms with van der Waals surface area (Å²) < 4.78 is 10.8. The van der Waals surface area contributed by atoms with E-state index in [4.69, 9.17) is 9.47 Å². The largest absolute Gasteiger partial charge is 0.484 e. The zero-order valence-corrected chi connectivity index (χ0v) is 16.4. The summed E-state index contributed by atoms with van der Waals surface area (Å²) in [4.78, 5) is 37.5. The van der Waals surface area contributed by atoms with E-state index in [9.17, 15) is 14.4 Å². The topological polar surface area (TPSA) is 97.0 Å². The van der Waals surface area contributed by atoms with Gasteiger partial charge < -0.3 is 14.4 Å². The summed E-state index contributed by atoms with van der Waals surface area (Å²) in [5, 5.41) is 0. The van der Waals surface area contributed by atoms with Crippen molar-refractivity contribution < 1.29 is 23.9 Å². The van der Waals surface area contributed by atoms with Crippen molar-refractivity contribution in [2.75, 3.05) is 24.7 Å². The van der Waals surface area contributed by atoms with E-state index in [0.29, 0.717) is 17.2 Å². The maximum atomic E-state index is 12.1. The molecule has 0 radical (unpaired) electrons. The van der Waals surface area contributed by atoms with E-state index in [2.05, 4.69) is 10.9 Å². The number of carbonyl (C=O) groups is 3. The Morgan fingerprint density at radius 2 is 1.83 bits per heavy atom. The van der Waals surface area contributed by atoms with Crippen molar-refractivity contribution in [3.05, 3.63) is 53.6 Å². The van der Waals surface area contributed by atoms with E-state index in [-0.39, 0.29) is 32.1 Å². The van der Waals surface area contributed by atoms with Crippen LogP contribution >= 0.6 is 0 Å². The molecule has 0 saturated carbocycles. The molecule has 2 aromatic carbocycles. The number of fused-ring (bicyclic) bond motifs is 1. The average Bonchev–Trinajstić information content (AvgIpc) is 2.72. The second kappa shape index (κ2) is 9.09. The molecule has 1 aliphatic heterocycles. The van der Waals surface area contributed by atoms with Crippen LogP contribution in [0.25, 0.3) is 0 Å². The second-order valence-electron chi connectivity index (χ2n) is 6.68. The first-order valence-corrected chi connectivity index (χ1v) is 9.24. The standard InChI is InChI=1S/C21H23N3O5/c1-14-7-8-16(11-15(14)2)28-12-20(26)23-22-19(25)9-10-24-17-5-3-4-6-18(17)29-13-21(24)27/h3-8,11H,9-10,12-13H2,1-2H3,(H,22,25)(H,23,26). The van der Waals surface area contributed by atoms with Gasteiger partial charge in [0.2, 0.25) is 5.91 Å². The van der Waals surface area contributed by atoms with Crippen LogP contribution in [0.5, 0.6) is 11.5 Å². The van der Waals surface area contributed by atoms with Gasteiger partial charge in [0.1, 0.15) is 11.5 Å². The molecule has 2 aromatic rings. The number of nitrogens with one attached hydrogen (secondary N) is 2. The van der Waals surface area contributed by atoms with Gasteiger partial charge >= 0.3 is 0 Å². The van der Waals surface area contributed by atoms with Gasteiger partial charge in [0, 0.05) is 13.0 Å². The molecular formula is C21H23N3O5. The van der Waals surface area contributed by atoms with Crippen molar-refractivity contribution in [2.24, 2.45) is 0 Å². The highest BCUT2D eigenvalue weighted by Crippen LogP contribution is 2.31. The fraction of sp³-hybridized carbons (Fsp3) is 0.286. The minimum Gasteiger partial charge on any atom is -0.484 e. The number of para-hydroxylation sites is 2. The number of benzene rings is 2. The molecule has 3 rings (SSSR count).